The molecule has 0 aliphatic carbocycles. The van der Waals surface area contributed by atoms with Crippen LogP contribution in [-0.2, 0) is 0 Å². The van der Waals surface area contributed by atoms with Gasteiger partial charge in [-0.2, -0.15) is 0 Å². The number of rotatable bonds is 6. The van der Waals surface area contributed by atoms with Crippen molar-refractivity contribution in [2.24, 2.45) is 0 Å². The number of hydrogen-bond acceptors (Lipinski definition) is 2. The van der Waals surface area contributed by atoms with Gasteiger partial charge in [0.15, 0.2) is 0 Å². The summed E-state index contributed by atoms with van der Waals surface area (Å²) >= 11 is 1.92. The third kappa shape index (κ3) is 4.08. The average molecular weight is 199 g/mol. The standard InChI is InChI=1S/C11H21NS/c1-3-4-5-6-7-8-12-10-13-9-11(12)2/h9H,3-8,10H2,1-2H3. The first-order valence-corrected chi connectivity index (χ1v) is 6.42. The van der Waals surface area contributed by atoms with Gasteiger partial charge in [0.05, 0.1) is 5.88 Å². The van der Waals surface area contributed by atoms with Crippen molar-refractivity contribution in [3.8, 4) is 0 Å². The first-order chi connectivity index (χ1) is 6.34. The Kier molecular flexibility index (Phi) is 5.37. The van der Waals surface area contributed by atoms with Crippen LogP contribution in [0.25, 0.3) is 0 Å². The minimum Gasteiger partial charge on any atom is -0.365 e. The molecule has 1 aliphatic rings. The van der Waals surface area contributed by atoms with E-state index in [9.17, 15) is 0 Å². The highest BCUT2D eigenvalue weighted by molar-refractivity contribution is 8.02. The molecule has 1 aliphatic heterocycles. The molecule has 0 fully saturated rings. The predicted octanol–water partition coefficient (Wildman–Crippen LogP) is 3.82. The van der Waals surface area contributed by atoms with Crippen molar-refractivity contribution in [1.29, 1.82) is 0 Å². The highest BCUT2D eigenvalue weighted by Crippen LogP contribution is 2.22. The molecular formula is C11H21NS. The van der Waals surface area contributed by atoms with Crippen molar-refractivity contribution in [3.63, 3.8) is 0 Å². The second-order valence-electron chi connectivity index (χ2n) is 3.73. The van der Waals surface area contributed by atoms with Gasteiger partial charge in [-0.15, -0.1) is 11.8 Å². The zero-order valence-corrected chi connectivity index (χ0v) is 9.70. The molecule has 0 saturated heterocycles. The number of nitrogens with zero attached hydrogens (tertiary/aromatic N) is 1. The Balaban J connectivity index is 1.97. The van der Waals surface area contributed by atoms with Crippen LogP contribution in [-0.4, -0.2) is 17.3 Å². The number of allylic oxidation sites excluding steroid dienone is 1. The van der Waals surface area contributed by atoms with Crippen LogP contribution in [0.15, 0.2) is 11.1 Å². The zero-order valence-electron chi connectivity index (χ0n) is 8.88. The maximum Gasteiger partial charge on any atom is 0.0677 e. The molecule has 0 atom stereocenters. The fourth-order valence-corrected chi connectivity index (χ4v) is 2.55. The van der Waals surface area contributed by atoms with E-state index < -0.39 is 0 Å². The van der Waals surface area contributed by atoms with E-state index in [0.717, 1.165) is 0 Å². The number of unbranched alkanes of at least 4 members (excludes halogenated alkanes) is 4. The summed E-state index contributed by atoms with van der Waals surface area (Å²) in [6.45, 7) is 5.75. The minimum atomic E-state index is 1.18. The van der Waals surface area contributed by atoms with E-state index in [-0.39, 0.29) is 0 Å². The van der Waals surface area contributed by atoms with Crippen LogP contribution in [0.4, 0.5) is 0 Å². The molecule has 0 N–H and O–H groups in total. The Morgan fingerprint density at radius 3 is 2.69 bits per heavy atom. The van der Waals surface area contributed by atoms with Crippen molar-refractivity contribution in [2.75, 3.05) is 12.4 Å². The molecule has 0 aromatic rings. The summed E-state index contributed by atoms with van der Waals surface area (Å²) in [5, 5.41) is 2.27. The van der Waals surface area contributed by atoms with Gasteiger partial charge >= 0.3 is 0 Å². The second kappa shape index (κ2) is 6.36. The monoisotopic (exact) mass is 199 g/mol. The van der Waals surface area contributed by atoms with Gasteiger partial charge in [-0.25, -0.2) is 0 Å². The Hall–Kier alpha value is -0.110. The lowest BCUT2D eigenvalue weighted by molar-refractivity contribution is 0.392. The molecule has 0 unspecified atom stereocenters. The third-order valence-electron chi connectivity index (χ3n) is 2.51. The van der Waals surface area contributed by atoms with Crippen LogP contribution in [0, 0.1) is 0 Å². The quantitative estimate of drug-likeness (QED) is 0.598. The Bertz CT molecular complexity index is 165. The third-order valence-corrected chi connectivity index (χ3v) is 3.48. The summed E-state index contributed by atoms with van der Waals surface area (Å²) in [4.78, 5) is 2.48. The number of hydrogen-bond donors (Lipinski definition) is 0. The van der Waals surface area contributed by atoms with E-state index in [1.165, 1.54) is 50.2 Å². The van der Waals surface area contributed by atoms with Gasteiger partial charge in [0.1, 0.15) is 0 Å². The van der Waals surface area contributed by atoms with E-state index in [2.05, 4.69) is 24.2 Å². The second-order valence-corrected chi connectivity index (χ2v) is 4.56. The lowest BCUT2D eigenvalue weighted by Crippen LogP contribution is -2.18. The van der Waals surface area contributed by atoms with Crippen LogP contribution < -0.4 is 0 Å². The fourth-order valence-electron chi connectivity index (χ4n) is 1.57. The molecule has 1 heterocycles. The first-order valence-electron chi connectivity index (χ1n) is 5.38. The molecule has 1 rings (SSSR count). The van der Waals surface area contributed by atoms with Gasteiger partial charge in [0.25, 0.3) is 0 Å². The Labute approximate surface area is 86.6 Å². The van der Waals surface area contributed by atoms with Gasteiger partial charge in [-0.3, -0.25) is 0 Å². The van der Waals surface area contributed by atoms with E-state index in [1.54, 1.807) is 0 Å². The average Bonchev–Trinajstić information content (AvgIpc) is 2.52. The molecule has 0 spiro atoms. The lowest BCUT2D eigenvalue weighted by Gasteiger charge is -2.18. The van der Waals surface area contributed by atoms with Crippen LogP contribution in [0.1, 0.15) is 46.0 Å². The first kappa shape index (κ1) is 11.0. The zero-order chi connectivity index (χ0) is 9.52. The maximum atomic E-state index is 2.48. The van der Waals surface area contributed by atoms with Crippen molar-refractivity contribution in [1.82, 2.24) is 4.90 Å². The SMILES string of the molecule is CCCCCCCN1CSC=C1C. The van der Waals surface area contributed by atoms with Gasteiger partial charge in [-0.05, 0) is 18.8 Å². The molecule has 0 aromatic heterocycles. The molecule has 0 bridgehead atoms. The van der Waals surface area contributed by atoms with Crippen molar-refractivity contribution in [2.45, 2.75) is 46.0 Å². The summed E-state index contributed by atoms with van der Waals surface area (Å²) in [5.74, 6) is 1.18. The van der Waals surface area contributed by atoms with Crippen LogP contribution in [0.2, 0.25) is 0 Å². The lowest BCUT2D eigenvalue weighted by atomic mass is 10.1. The molecule has 0 amide bonds. The van der Waals surface area contributed by atoms with Crippen molar-refractivity contribution < 1.29 is 0 Å². The highest BCUT2D eigenvalue weighted by atomic mass is 32.2. The van der Waals surface area contributed by atoms with Crippen LogP contribution in [0.3, 0.4) is 0 Å². The topological polar surface area (TPSA) is 3.24 Å². The van der Waals surface area contributed by atoms with E-state index in [1.807, 2.05) is 11.8 Å². The molecule has 1 nitrogen and oxygen atoms in total. The molecule has 0 saturated carbocycles. The maximum absolute atomic E-state index is 2.48. The van der Waals surface area contributed by atoms with E-state index in [4.69, 9.17) is 0 Å². The normalized spacial score (nSPS) is 16.5. The van der Waals surface area contributed by atoms with E-state index in [0.29, 0.717) is 0 Å². The van der Waals surface area contributed by atoms with Gasteiger partial charge < -0.3 is 4.90 Å². The smallest absolute Gasteiger partial charge is 0.0677 e. The van der Waals surface area contributed by atoms with Gasteiger partial charge in [0.2, 0.25) is 0 Å². The Morgan fingerprint density at radius 2 is 2.08 bits per heavy atom. The van der Waals surface area contributed by atoms with Gasteiger partial charge in [-0.1, -0.05) is 32.6 Å². The molecule has 2 heteroatoms. The molecule has 13 heavy (non-hydrogen) atoms. The van der Waals surface area contributed by atoms with Crippen molar-refractivity contribution in [3.05, 3.63) is 11.1 Å². The van der Waals surface area contributed by atoms with Crippen LogP contribution in [0.5, 0.6) is 0 Å². The number of thioether (sulfide) groups is 1. The highest BCUT2D eigenvalue weighted by Gasteiger charge is 2.09. The summed E-state index contributed by atoms with van der Waals surface area (Å²) in [5.41, 5.74) is 1.46. The Morgan fingerprint density at radius 1 is 1.31 bits per heavy atom. The summed E-state index contributed by atoms with van der Waals surface area (Å²) in [7, 11) is 0. The molecule has 0 aromatic carbocycles. The summed E-state index contributed by atoms with van der Waals surface area (Å²) < 4.78 is 0. The summed E-state index contributed by atoms with van der Waals surface area (Å²) in [6, 6.07) is 0. The van der Waals surface area contributed by atoms with Crippen LogP contribution >= 0.6 is 11.8 Å². The van der Waals surface area contributed by atoms with Gasteiger partial charge in [0, 0.05) is 12.2 Å². The minimum absolute atomic E-state index is 1.18. The molecule has 0 radical (unpaired) electrons. The molecular weight excluding hydrogens is 178 g/mol. The fraction of sp³-hybridized carbons (Fsp3) is 0.818. The molecule has 76 valence electrons. The van der Waals surface area contributed by atoms with Crippen molar-refractivity contribution >= 4 is 11.8 Å². The summed E-state index contributed by atoms with van der Waals surface area (Å²) in [6.07, 6.45) is 6.94. The largest absolute Gasteiger partial charge is 0.365 e. The predicted molar refractivity (Wildman–Crippen MR) is 61.7 cm³/mol. The van der Waals surface area contributed by atoms with E-state index >= 15 is 0 Å².